The van der Waals surface area contributed by atoms with Crippen LogP contribution >= 0.6 is 11.6 Å². The fourth-order valence-corrected chi connectivity index (χ4v) is 3.58. The average Bonchev–Trinajstić information content (AvgIpc) is 3.20. The number of nitrogens with zero attached hydrogens (tertiary/aromatic N) is 2. The van der Waals surface area contributed by atoms with Crippen LogP contribution in [0.2, 0.25) is 5.02 Å². The number of anilines is 2. The second-order valence-electron chi connectivity index (χ2n) is 7.00. The Labute approximate surface area is 182 Å². The summed E-state index contributed by atoms with van der Waals surface area (Å²) in [5, 5.41) is 3.28. The number of rotatable bonds is 4. The van der Waals surface area contributed by atoms with E-state index in [9.17, 15) is 9.59 Å². The molecule has 3 aromatic carbocycles. The SMILES string of the molecule is O=C(CN1C(=O)COc2ccc(Cl)cc21)Nc1cccc(-c2nc3ccccc3o2)c1. The molecular weight excluding hydrogens is 418 g/mol. The van der Waals surface area contributed by atoms with Crippen LogP contribution in [0.3, 0.4) is 0 Å². The number of benzene rings is 3. The van der Waals surface area contributed by atoms with Gasteiger partial charge in [-0.1, -0.05) is 29.8 Å². The summed E-state index contributed by atoms with van der Waals surface area (Å²) in [7, 11) is 0. The zero-order chi connectivity index (χ0) is 21.4. The van der Waals surface area contributed by atoms with Gasteiger partial charge in [-0.15, -0.1) is 0 Å². The van der Waals surface area contributed by atoms with Gasteiger partial charge in [-0.25, -0.2) is 4.98 Å². The number of hydrogen-bond acceptors (Lipinski definition) is 5. The molecule has 7 nitrogen and oxygen atoms in total. The number of carbonyl (C=O) groups is 2. The van der Waals surface area contributed by atoms with E-state index in [4.69, 9.17) is 20.8 Å². The van der Waals surface area contributed by atoms with Crippen molar-refractivity contribution in [2.45, 2.75) is 0 Å². The van der Waals surface area contributed by atoms with Gasteiger partial charge in [-0.05, 0) is 48.5 Å². The second-order valence-corrected chi connectivity index (χ2v) is 7.43. The molecule has 0 fully saturated rings. The highest BCUT2D eigenvalue weighted by Gasteiger charge is 2.27. The van der Waals surface area contributed by atoms with Gasteiger partial charge in [0.25, 0.3) is 5.91 Å². The van der Waals surface area contributed by atoms with Crippen LogP contribution in [0.5, 0.6) is 5.75 Å². The summed E-state index contributed by atoms with van der Waals surface area (Å²) in [4.78, 5) is 30.9. The summed E-state index contributed by atoms with van der Waals surface area (Å²) < 4.78 is 11.2. The standard InChI is InChI=1S/C23H16ClN3O4/c24-15-8-9-20-18(11-15)27(22(29)13-30-20)12-21(28)25-16-5-3-4-14(10-16)23-26-17-6-1-2-7-19(17)31-23/h1-11H,12-13H2,(H,25,28). The second kappa shape index (κ2) is 7.77. The Bertz CT molecular complexity index is 1280. The Morgan fingerprint density at radius 1 is 1.10 bits per heavy atom. The Kier molecular flexibility index (Phi) is 4.80. The van der Waals surface area contributed by atoms with Gasteiger partial charge in [0, 0.05) is 16.3 Å². The molecule has 0 saturated carbocycles. The topological polar surface area (TPSA) is 84.7 Å². The maximum absolute atomic E-state index is 12.7. The maximum Gasteiger partial charge on any atom is 0.265 e. The Hall–Kier alpha value is -3.84. The summed E-state index contributed by atoms with van der Waals surface area (Å²) in [5.74, 6) is 0.306. The molecule has 8 heteroatoms. The van der Waals surface area contributed by atoms with Crippen molar-refractivity contribution in [2.75, 3.05) is 23.4 Å². The predicted molar refractivity (Wildman–Crippen MR) is 117 cm³/mol. The Morgan fingerprint density at radius 2 is 1.97 bits per heavy atom. The molecular formula is C23H16ClN3O4. The number of aromatic nitrogens is 1. The summed E-state index contributed by atoms with van der Waals surface area (Å²) >= 11 is 6.05. The van der Waals surface area contributed by atoms with E-state index < -0.39 is 0 Å². The molecule has 0 unspecified atom stereocenters. The number of nitrogens with one attached hydrogen (secondary N) is 1. The fraction of sp³-hybridized carbons (Fsp3) is 0.0870. The molecule has 154 valence electrons. The molecule has 1 aliphatic rings. The summed E-state index contributed by atoms with van der Waals surface area (Å²) in [5.41, 5.74) is 3.22. The minimum Gasteiger partial charge on any atom is -0.482 e. The van der Waals surface area contributed by atoms with Crippen molar-refractivity contribution in [3.63, 3.8) is 0 Å². The van der Waals surface area contributed by atoms with E-state index in [0.717, 1.165) is 11.1 Å². The van der Waals surface area contributed by atoms with Crippen molar-refractivity contribution in [2.24, 2.45) is 0 Å². The molecule has 1 aliphatic heterocycles. The van der Waals surface area contributed by atoms with Gasteiger partial charge in [0.2, 0.25) is 11.8 Å². The fourth-order valence-electron chi connectivity index (χ4n) is 3.42. The summed E-state index contributed by atoms with van der Waals surface area (Å²) in [6, 6.07) is 19.6. The number of fused-ring (bicyclic) bond motifs is 2. The third-order valence-corrected chi connectivity index (χ3v) is 5.09. The number of ether oxygens (including phenoxy) is 1. The summed E-state index contributed by atoms with van der Waals surface area (Å²) in [6.45, 7) is -0.294. The highest BCUT2D eigenvalue weighted by Crippen LogP contribution is 2.34. The Balaban J connectivity index is 1.35. The molecule has 0 radical (unpaired) electrons. The molecule has 0 spiro atoms. The molecule has 31 heavy (non-hydrogen) atoms. The highest BCUT2D eigenvalue weighted by atomic mass is 35.5. The van der Waals surface area contributed by atoms with Crippen LogP contribution in [0.15, 0.2) is 71.1 Å². The average molecular weight is 434 g/mol. The van der Waals surface area contributed by atoms with Crippen LogP contribution in [0.25, 0.3) is 22.6 Å². The zero-order valence-electron chi connectivity index (χ0n) is 16.2. The van der Waals surface area contributed by atoms with E-state index in [1.807, 2.05) is 30.3 Å². The molecule has 2 amide bonds. The van der Waals surface area contributed by atoms with Gasteiger partial charge < -0.3 is 14.5 Å². The zero-order valence-corrected chi connectivity index (χ0v) is 16.9. The van der Waals surface area contributed by atoms with Crippen molar-refractivity contribution < 1.29 is 18.7 Å². The number of carbonyl (C=O) groups excluding carboxylic acids is 2. The largest absolute Gasteiger partial charge is 0.482 e. The van der Waals surface area contributed by atoms with Crippen LogP contribution < -0.4 is 15.0 Å². The number of amides is 2. The molecule has 1 N–H and O–H groups in total. The predicted octanol–water partition coefficient (Wildman–Crippen LogP) is 4.51. The smallest absolute Gasteiger partial charge is 0.265 e. The monoisotopic (exact) mass is 433 g/mol. The van der Waals surface area contributed by atoms with Gasteiger partial charge in [0.05, 0.1) is 5.69 Å². The van der Waals surface area contributed by atoms with Gasteiger partial charge in [0.15, 0.2) is 12.2 Å². The molecule has 0 atom stereocenters. The minimum absolute atomic E-state index is 0.130. The molecule has 0 aliphatic carbocycles. The number of halogens is 1. The van der Waals surface area contributed by atoms with Gasteiger partial charge in [-0.2, -0.15) is 0 Å². The Morgan fingerprint density at radius 3 is 2.84 bits per heavy atom. The van der Waals surface area contributed by atoms with E-state index in [0.29, 0.717) is 33.6 Å². The van der Waals surface area contributed by atoms with E-state index in [-0.39, 0.29) is 25.0 Å². The third kappa shape index (κ3) is 3.83. The first-order valence-electron chi connectivity index (χ1n) is 9.55. The van der Waals surface area contributed by atoms with E-state index in [1.54, 1.807) is 36.4 Å². The lowest BCUT2D eigenvalue weighted by Crippen LogP contribution is -2.43. The summed E-state index contributed by atoms with van der Waals surface area (Å²) in [6.07, 6.45) is 0. The molecule has 4 aromatic rings. The first-order valence-corrected chi connectivity index (χ1v) is 9.93. The van der Waals surface area contributed by atoms with Crippen molar-refractivity contribution in [3.8, 4) is 17.2 Å². The number of oxazole rings is 1. The highest BCUT2D eigenvalue weighted by molar-refractivity contribution is 6.31. The number of hydrogen-bond donors (Lipinski definition) is 1. The van der Waals surface area contributed by atoms with Gasteiger partial charge in [0.1, 0.15) is 17.8 Å². The number of para-hydroxylation sites is 2. The maximum atomic E-state index is 12.7. The van der Waals surface area contributed by atoms with Crippen molar-refractivity contribution in [1.29, 1.82) is 0 Å². The lowest BCUT2D eigenvalue weighted by molar-refractivity contribution is -0.123. The van der Waals surface area contributed by atoms with Crippen LogP contribution in [0.4, 0.5) is 11.4 Å². The van der Waals surface area contributed by atoms with E-state index >= 15 is 0 Å². The first-order chi connectivity index (χ1) is 15.1. The van der Waals surface area contributed by atoms with Gasteiger partial charge in [-0.3, -0.25) is 14.5 Å². The van der Waals surface area contributed by atoms with Crippen LogP contribution in [0.1, 0.15) is 0 Å². The van der Waals surface area contributed by atoms with Crippen molar-refractivity contribution in [1.82, 2.24) is 4.98 Å². The molecule has 0 saturated heterocycles. The molecule has 2 heterocycles. The lowest BCUT2D eigenvalue weighted by atomic mass is 10.2. The lowest BCUT2D eigenvalue weighted by Gasteiger charge is -2.29. The van der Waals surface area contributed by atoms with Crippen molar-refractivity contribution in [3.05, 3.63) is 71.8 Å². The molecule has 1 aromatic heterocycles. The van der Waals surface area contributed by atoms with Crippen LogP contribution in [-0.4, -0.2) is 29.9 Å². The third-order valence-electron chi connectivity index (χ3n) is 4.85. The van der Waals surface area contributed by atoms with E-state index in [2.05, 4.69) is 10.3 Å². The molecule has 0 bridgehead atoms. The molecule has 5 rings (SSSR count). The normalized spacial score (nSPS) is 13.1. The van der Waals surface area contributed by atoms with Gasteiger partial charge >= 0.3 is 0 Å². The first kappa shape index (κ1) is 19.1. The quantitative estimate of drug-likeness (QED) is 0.511. The van der Waals surface area contributed by atoms with E-state index in [1.165, 1.54) is 4.90 Å². The van der Waals surface area contributed by atoms with Crippen LogP contribution in [-0.2, 0) is 9.59 Å². The van der Waals surface area contributed by atoms with Crippen molar-refractivity contribution >= 4 is 45.9 Å². The minimum atomic E-state index is -0.351. The van der Waals surface area contributed by atoms with Crippen LogP contribution in [0, 0.1) is 0 Å².